The number of nitrogens with zero attached hydrogens (tertiary/aromatic N) is 2. The van der Waals surface area contributed by atoms with Crippen LogP contribution < -0.4 is 10.6 Å². The minimum Gasteiger partial charge on any atom is -0.368 e. The first-order chi connectivity index (χ1) is 16.2. The number of para-hydroxylation sites is 1. The van der Waals surface area contributed by atoms with Crippen molar-refractivity contribution in [2.75, 3.05) is 11.9 Å². The Morgan fingerprint density at radius 1 is 1.24 bits per heavy atom. The highest BCUT2D eigenvalue weighted by Gasteiger charge is 2.29. The van der Waals surface area contributed by atoms with Gasteiger partial charge in [-0.1, -0.05) is 36.4 Å². The van der Waals surface area contributed by atoms with Gasteiger partial charge in [0.05, 0.1) is 29.5 Å². The molecule has 0 radical (unpaired) electrons. The molecule has 7 nitrogen and oxygen atoms in total. The largest absolute Gasteiger partial charge is 0.368 e. The number of nitrogens with one attached hydrogen (secondary N) is 2. The summed E-state index contributed by atoms with van der Waals surface area (Å²) in [5.74, 6) is -0.385. The van der Waals surface area contributed by atoms with E-state index in [-0.39, 0.29) is 24.8 Å². The lowest BCUT2D eigenvalue weighted by Gasteiger charge is -2.26. The predicted molar refractivity (Wildman–Crippen MR) is 128 cm³/mol. The lowest BCUT2D eigenvalue weighted by Crippen LogP contribution is -2.33. The molecule has 178 valence electrons. The Balaban J connectivity index is 1.63. The summed E-state index contributed by atoms with van der Waals surface area (Å²) in [5.41, 5.74) is 2.50. The fraction of sp³-hybridized carbons (Fsp3) is 0.346. The number of halogens is 1. The number of ether oxygens (including phenoxy) is 1. The quantitative estimate of drug-likeness (QED) is 0.522. The second kappa shape index (κ2) is 9.77. The molecule has 0 bridgehead atoms. The van der Waals surface area contributed by atoms with Crippen molar-refractivity contribution in [3.63, 3.8) is 0 Å². The number of carbonyl (C=O) groups excluding carboxylic acids is 2. The van der Waals surface area contributed by atoms with E-state index < -0.39 is 17.7 Å². The van der Waals surface area contributed by atoms with Crippen LogP contribution >= 0.6 is 0 Å². The van der Waals surface area contributed by atoms with Crippen molar-refractivity contribution >= 4 is 17.6 Å². The Morgan fingerprint density at radius 3 is 2.68 bits per heavy atom. The van der Waals surface area contributed by atoms with Gasteiger partial charge in [-0.15, -0.1) is 5.10 Å². The van der Waals surface area contributed by atoms with E-state index in [0.29, 0.717) is 12.4 Å². The number of carbonyl (C=O) groups is 2. The highest BCUT2D eigenvalue weighted by molar-refractivity contribution is 5.97. The first kappa shape index (κ1) is 23.6. The van der Waals surface area contributed by atoms with E-state index in [2.05, 4.69) is 15.7 Å². The van der Waals surface area contributed by atoms with Crippen LogP contribution in [0.25, 0.3) is 16.9 Å². The molecule has 2 heterocycles. The average molecular weight is 465 g/mol. The molecular weight excluding hydrogens is 435 g/mol. The van der Waals surface area contributed by atoms with Crippen molar-refractivity contribution < 1.29 is 18.7 Å². The Bertz CT molecular complexity index is 1170. The lowest BCUT2D eigenvalue weighted by atomic mass is 10.0. The van der Waals surface area contributed by atoms with Gasteiger partial charge in [0.1, 0.15) is 6.17 Å². The molecule has 3 aromatic rings. The molecule has 1 saturated heterocycles. The average Bonchev–Trinajstić information content (AvgIpc) is 3.45. The van der Waals surface area contributed by atoms with Gasteiger partial charge >= 0.3 is 0 Å². The third-order valence-corrected chi connectivity index (χ3v) is 6.10. The molecule has 2 atom stereocenters. The Morgan fingerprint density at radius 2 is 2.00 bits per heavy atom. The summed E-state index contributed by atoms with van der Waals surface area (Å²) in [6, 6.07) is 19.2. The summed E-state index contributed by atoms with van der Waals surface area (Å²) in [6.07, 6.45) is -0.930. The molecule has 1 aliphatic rings. The van der Waals surface area contributed by atoms with Crippen molar-refractivity contribution in [2.45, 2.75) is 45.6 Å². The smallest absolute Gasteiger partial charge is 0.230 e. The van der Waals surface area contributed by atoms with Crippen molar-refractivity contribution in [1.29, 1.82) is 0 Å². The number of aromatic nitrogens is 2. The minimum atomic E-state index is -1.10. The van der Waals surface area contributed by atoms with Gasteiger partial charge in [0.15, 0.2) is 5.82 Å². The van der Waals surface area contributed by atoms with Crippen LogP contribution in [0.1, 0.15) is 32.8 Å². The van der Waals surface area contributed by atoms with Gasteiger partial charge in [-0.2, -0.15) is 0 Å². The Labute approximate surface area is 198 Å². The molecule has 8 heteroatoms. The van der Waals surface area contributed by atoms with Crippen LogP contribution in [0.15, 0.2) is 60.7 Å². The molecule has 2 N–H and O–H groups in total. The van der Waals surface area contributed by atoms with E-state index >= 15 is 0 Å². The van der Waals surface area contributed by atoms with Gasteiger partial charge < -0.3 is 15.4 Å². The molecule has 2 amide bonds. The maximum atomic E-state index is 13.8. The maximum absolute atomic E-state index is 13.8. The number of alkyl halides is 1. The van der Waals surface area contributed by atoms with E-state index in [1.54, 1.807) is 18.5 Å². The second-order valence-electron chi connectivity index (χ2n) is 9.07. The normalized spacial score (nSPS) is 16.8. The highest BCUT2D eigenvalue weighted by Crippen LogP contribution is 2.28. The van der Waals surface area contributed by atoms with Crippen LogP contribution in [-0.4, -0.2) is 39.9 Å². The van der Waals surface area contributed by atoms with Crippen LogP contribution in [0.3, 0.4) is 0 Å². The third-order valence-electron chi connectivity index (χ3n) is 6.10. The summed E-state index contributed by atoms with van der Waals surface area (Å²) < 4.78 is 21.4. The van der Waals surface area contributed by atoms with E-state index in [9.17, 15) is 14.0 Å². The van der Waals surface area contributed by atoms with E-state index in [4.69, 9.17) is 4.74 Å². The van der Waals surface area contributed by atoms with E-state index in [1.165, 1.54) is 6.92 Å². The van der Waals surface area contributed by atoms with Gasteiger partial charge in [0, 0.05) is 24.6 Å². The molecule has 2 aromatic carbocycles. The predicted octanol–water partition coefficient (Wildman–Crippen LogP) is 4.27. The zero-order valence-corrected chi connectivity index (χ0v) is 19.5. The topological polar surface area (TPSA) is 85.2 Å². The summed E-state index contributed by atoms with van der Waals surface area (Å²) in [6.45, 7) is 5.54. The van der Waals surface area contributed by atoms with Gasteiger partial charge in [0.25, 0.3) is 0 Å². The van der Waals surface area contributed by atoms with Gasteiger partial charge in [-0.25, -0.2) is 9.07 Å². The van der Waals surface area contributed by atoms with Gasteiger partial charge in [-0.05, 0) is 44.5 Å². The monoisotopic (exact) mass is 464 g/mol. The second-order valence-corrected chi connectivity index (χ2v) is 9.07. The van der Waals surface area contributed by atoms with Crippen LogP contribution in [0.5, 0.6) is 0 Å². The van der Waals surface area contributed by atoms with Gasteiger partial charge in [0.2, 0.25) is 11.8 Å². The lowest BCUT2D eigenvalue weighted by molar-refractivity contribution is -0.123. The molecule has 0 aliphatic carbocycles. The maximum Gasteiger partial charge on any atom is 0.230 e. The van der Waals surface area contributed by atoms with Gasteiger partial charge in [-0.3, -0.25) is 9.59 Å². The molecular formula is C26H29FN4O3. The molecule has 34 heavy (non-hydrogen) atoms. The fourth-order valence-corrected chi connectivity index (χ4v) is 3.64. The SMILES string of the molecule is CC(F)C(C)(C)OCc1cccc(-c2cc(NC(=O)[C@@H]3CNC(=O)C3)nn2-c2ccccc2)c1. The summed E-state index contributed by atoms with van der Waals surface area (Å²) in [5, 5.41) is 10.2. The molecule has 1 unspecified atom stereocenters. The number of benzene rings is 2. The molecule has 0 spiro atoms. The fourth-order valence-electron chi connectivity index (χ4n) is 3.64. The van der Waals surface area contributed by atoms with Crippen LogP contribution in [0.4, 0.5) is 10.2 Å². The number of hydrogen-bond donors (Lipinski definition) is 2. The first-order valence-corrected chi connectivity index (χ1v) is 11.3. The first-order valence-electron chi connectivity index (χ1n) is 11.3. The van der Waals surface area contributed by atoms with Crippen LogP contribution in [-0.2, 0) is 20.9 Å². The van der Waals surface area contributed by atoms with Crippen molar-refractivity contribution in [2.24, 2.45) is 5.92 Å². The standard InChI is InChI=1S/C26H29FN4O3/c1-17(27)26(2,3)34-16-18-8-7-9-19(12-18)22-14-23(29-25(33)20-13-24(32)28-15-20)30-31(22)21-10-5-4-6-11-21/h4-12,14,17,20H,13,15-16H2,1-3H3,(H,28,32)(H,29,30,33)/t17?,20-/m0/s1. The zero-order valence-electron chi connectivity index (χ0n) is 19.5. The molecule has 1 aromatic heterocycles. The van der Waals surface area contributed by atoms with Crippen molar-refractivity contribution in [3.8, 4) is 16.9 Å². The molecule has 1 fully saturated rings. The number of hydrogen-bond acceptors (Lipinski definition) is 4. The Kier molecular flexibility index (Phi) is 6.79. The molecule has 0 saturated carbocycles. The summed E-state index contributed by atoms with van der Waals surface area (Å²) >= 11 is 0. The highest BCUT2D eigenvalue weighted by atomic mass is 19.1. The molecule has 1 aliphatic heterocycles. The number of rotatable bonds is 8. The van der Waals surface area contributed by atoms with Crippen LogP contribution in [0, 0.1) is 5.92 Å². The summed E-state index contributed by atoms with van der Waals surface area (Å²) in [4.78, 5) is 24.1. The molecule has 4 rings (SSSR count). The summed E-state index contributed by atoms with van der Waals surface area (Å²) in [7, 11) is 0. The van der Waals surface area contributed by atoms with E-state index in [1.807, 2.05) is 60.7 Å². The minimum absolute atomic E-state index is 0.125. The third kappa shape index (κ3) is 5.34. The number of anilines is 1. The van der Waals surface area contributed by atoms with Crippen molar-refractivity contribution in [1.82, 2.24) is 15.1 Å². The van der Waals surface area contributed by atoms with E-state index in [0.717, 1.165) is 22.5 Å². The zero-order chi connectivity index (χ0) is 24.3. The van der Waals surface area contributed by atoms with Crippen molar-refractivity contribution in [3.05, 3.63) is 66.2 Å². The Hall–Kier alpha value is -3.52. The van der Waals surface area contributed by atoms with Crippen LogP contribution in [0.2, 0.25) is 0 Å². The number of amides is 2.